The first-order chi connectivity index (χ1) is 15.9. The Kier molecular flexibility index (Phi) is 5.40. The van der Waals surface area contributed by atoms with Crippen molar-refractivity contribution in [2.75, 3.05) is 20.2 Å². The molecule has 0 N–H and O–H groups in total. The molecule has 1 spiro atoms. The van der Waals surface area contributed by atoms with Crippen molar-refractivity contribution in [3.05, 3.63) is 64.4 Å². The minimum absolute atomic E-state index is 0.0390. The van der Waals surface area contributed by atoms with Crippen LogP contribution in [0.5, 0.6) is 11.5 Å². The average Bonchev–Trinajstić information content (AvgIpc) is 3.21. The number of Topliss-reactive ketones (excluding diaryl/α,β-unsaturated/α-hetero) is 1. The Bertz CT molecular complexity index is 1230. The fourth-order valence-electron chi connectivity index (χ4n) is 4.45. The quantitative estimate of drug-likeness (QED) is 0.549. The number of halogens is 1. The Balaban J connectivity index is 1.30. The molecule has 1 amide bonds. The van der Waals surface area contributed by atoms with E-state index in [1.807, 2.05) is 6.92 Å². The number of fused-ring (bicyclic) bond motifs is 1. The van der Waals surface area contributed by atoms with E-state index in [0.717, 1.165) is 5.56 Å². The van der Waals surface area contributed by atoms with Gasteiger partial charge in [-0.05, 0) is 49.4 Å². The van der Waals surface area contributed by atoms with Gasteiger partial charge in [0.2, 0.25) is 0 Å². The lowest BCUT2D eigenvalue weighted by molar-refractivity contribution is -0.00566. The summed E-state index contributed by atoms with van der Waals surface area (Å²) >= 11 is 1.32. The number of ether oxygens (including phenoxy) is 2. The van der Waals surface area contributed by atoms with Gasteiger partial charge in [-0.25, -0.2) is 9.37 Å². The number of nitrogens with zero attached hydrogens (tertiary/aromatic N) is 2. The molecule has 2 aromatic carbocycles. The van der Waals surface area contributed by atoms with Crippen molar-refractivity contribution < 1.29 is 23.5 Å². The average molecular weight is 467 g/mol. The summed E-state index contributed by atoms with van der Waals surface area (Å²) in [7, 11) is 1.57. The van der Waals surface area contributed by atoms with Crippen molar-refractivity contribution in [3.8, 4) is 22.1 Å². The molecular formula is C25H23FN2O4S. The Morgan fingerprint density at radius 1 is 1.18 bits per heavy atom. The molecule has 1 aromatic heterocycles. The maximum Gasteiger partial charge on any atom is 0.265 e. The van der Waals surface area contributed by atoms with Crippen LogP contribution in [-0.4, -0.2) is 47.4 Å². The SMILES string of the molecule is COc1ccc2c(c1)C(=O)CC1(CCN(C(=O)c3sc(-c4ccc(F)cc4)nc3C)CC1)O2. The number of hydrogen-bond donors (Lipinski definition) is 0. The number of hydrogen-bond acceptors (Lipinski definition) is 6. The topological polar surface area (TPSA) is 68.7 Å². The summed E-state index contributed by atoms with van der Waals surface area (Å²) in [6.45, 7) is 2.82. The number of carbonyl (C=O) groups excluding carboxylic acids is 2. The number of ketones is 1. The van der Waals surface area contributed by atoms with E-state index in [2.05, 4.69) is 4.98 Å². The second-order valence-electron chi connectivity index (χ2n) is 8.48. The van der Waals surface area contributed by atoms with E-state index in [1.54, 1.807) is 42.3 Å². The highest BCUT2D eigenvalue weighted by Crippen LogP contribution is 2.41. The Morgan fingerprint density at radius 2 is 1.91 bits per heavy atom. The monoisotopic (exact) mass is 466 g/mol. The highest BCUT2D eigenvalue weighted by molar-refractivity contribution is 7.17. The van der Waals surface area contributed by atoms with Gasteiger partial charge in [0.15, 0.2) is 5.78 Å². The molecule has 8 heteroatoms. The zero-order valence-electron chi connectivity index (χ0n) is 18.4. The summed E-state index contributed by atoms with van der Waals surface area (Å²) in [5.41, 5.74) is 1.41. The predicted molar refractivity (Wildman–Crippen MR) is 123 cm³/mol. The number of piperidine rings is 1. The third kappa shape index (κ3) is 3.99. The van der Waals surface area contributed by atoms with Crippen molar-refractivity contribution in [3.63, 3.8) is 0 Å². The van der Waals surface area contributed by atoms with Crippen LogP contribution in [0.25, 0.3) is 10.6 Å². The maximum atomic E-state index is 13.2. The first-order valence-corrected chi connectivity index (χ1v) is 11.6. The lowest BCUT2D eigenvalue weighted by Gasteiger charge is -2.43. The van der Waals surface area contributed by atoms with Crippen molar-refractivity contribution >= 4 is 23.0 Å². The van der Waals surface area contributed by atoms with Crippen molar-refractivity contribution in [2.24, 2.45) is 0 Å². The first kappa shape index (κ1) is 21.6. The van der Waals surface area contributed by atoms with Crippen molar-refractivity contribution in [1.82, 2.24) is 9.88 Å². The van der Waals surface area contributed by atoms with Gasteiger partial charge < -0.3 is 14.4 Å². The van der Waals surface area contributed by atoms with Crippen molar-refractivity contribution in [1.29, 1.82) is 0 Å². The van der Waals surface area contributed by atoms with E-state index in [4.69, 9.17) is 9.47 Å². The van der Waals surface area contributed by atoms with Crippen molar-refractivity contribution in [2.45, 2.75) is 31.8 Å². The Morgan fingerprint density at radius 3 is 2.61 bits per heavy atom. The molecule has 170 valence electrons. The number of carbonyl (C=O) groups is 2. The molecule has 2 aliphatic rings. The van der Waals surface area contributed by atoms with E-state index in [1.165, 1.54) is 23.5 Å². The summed E-state index contributed by atoms with van der Waals surface area (Å²) in [6.07, 6.45) is 1.46. The smallest absolute Gasteiger partial charge is 0.265 e. The Labute approximate surface area is 195 Å². The summed E-state index contributed by atoms with van der Waals surface area (Å²) in [6, 6.07) is 11.4. The third-order valence-electron chi connectivity index (χ3n) is 6.34. The number of aromatic nitrogens is 1. The highest BCUT2D eigenvalue weighted by atomic mass is 32.1. The van der Waals surface area contributed by atoms with Gasteiger partial charge in [-0.3, -0.25) is 9.59 Å². The molecule has 0 bridgehead atoms. The molecule has 5 rings (SSSR count). The Hall–Kier alpha value is -3.26. The van der Waals surface area contributed by atoms with Gasteiger partial charge in [-0.2, -0.15) is 0 Å². The van der Waals surface area contributed by atoms with Crippen LogP contribution in [0.2, 0.25) is 0 Å². The molecule has 3 heterocycles. The fraction of sp³-hybridized carbons (Fsp3) is 0.320. The zero-order chi connectivity index (χ0) is 23.2. The van der Waals surface area contributed by atoms with E-state index in [9.17, 15) is 14.0 Å². The lowest BCUT2D eigenvalue weighted by Crippen LogP contribution is -2.52. The molecule has 0 radical (unpaired) electrons. The second kappa shape index (κ2) is 8.26. The molecule has 6 nitrogen and oxygen atoms in total. The minimum Gasteiger partial charge on any atom is -0.497 e. The molecular weight excluding hydrogens is 443 g/mol. The van der Waals surface area contributed by atoms with E-state index in [0.29, 0.717) is 65.0 Å². The molecule has 1 fully saturated rings. The molecule has 0 atom stereocenters. The molecule has 3 aromatic rings. The first-order valence-electron chi connectivity index (χ1n) is 10.8. The van der Waals surface area contributed by atoms with Gasteiger partial charge in [0.1, 0.15) is 32.8 Å². The molecule has 0 aliphatic carbocycles. The number of benzene rings is 2. The number of amides is 1. The molecule has 0 saturated carbocycles. The lowest BCUT2D eigenvalue weighted by atomic mass is 9.82. The van der Waals surface area contributed by atoms with Crippen LogP contribution in [0.4, 0.5) is 4.39 Å². The van der Waals surface area contributed by atoms with Gasteiger partial charge in [-0.1, -0.05) is 0 Å². The van der Waals surface area contributed by atoms with Crippen LogP contribution >= 0.6 is 11.3 Å². The van der Waals surface area contributed by atoms with E-state index >= 15 is 0 Å². The maximum absolute atomic E-state index is 13.2. The summed E-state index contributed by atoms with van der Waals surface area (Å²) < 4.78 is 24.8. The number of thiazole rings is 1. The normalized spacial score (nSPS) is 16.9. The van der Waals surface area contributed by atoms with Crippen LogP contribution < -0.4 is 9.47 Å². The number of methoxy groups -OCH3 is 1. The number of likely N-dealkylation sites (tertiary alicyclic amines) is 1. The van der Waals surface area contributed by atoms with Crippen LogP contribution in [0, 0.1) is 12.7 Å². The largest absolute Gasteiger partial charge is 0.497 e. The van der Waals surface area contributed by atoms with Crippen LogP contribution in [0.3, 0.4) is 0 Å². The zero-order valence-corrected chi connectivity index (χ0v) is 19.2. The summed E-state index contributed by atoms with van der Waals surface area (Å²) in [5, 5.41) is 0.692. The minimum atomic E-state index is -0.586. The van der Waals surface area contributed by atoms with Gasteiger partial charge in [0, 0.05) is 31.5 Å². The van der Waals surface area contributed by atoms with Gasteiger partial charge in [-0.15, -0.1) is 11.3 Å². The van der Waals surface area contributed by atoms with Gasteiger partial charge in [0.05, 0.1) is 24.8 Å². The van der Waals surface area contributed by atoms with E-state index in [-0.39, 0.29) is 17.5 Å². The predicted octanol–water partition coefficient (Wildman–Crippen LogP) is 4.91. The fourth-order valence-corrected chi connectivity index (χ4v) is 5.49. The molecule has 0 unspecified atom stereocenters. The number of aryl methyl sites for hydroxylation is 1. The van der Waals surface area contributed by atoms with Gasteiger partial charge in [0.25, 0.3) is 5.91 Å². The third-order valence-corrected chi connectivity index (χ3v) is 7.53. The second-order valence-corrected chi connectivity index (χ2v) is 9.48. The van der Waals surface area contributed by atoms with Gasteiger partial charge >= 0.3 is 0 Å². The standard InChI is InChI=1S/C25H23FN2O4S/c1-15-22(33-23(27-15)16-3-5-17(26)6-4-16)24(30)28-11-9-25(10-12-28)14-20(29)19-13-18(31-2)7-8-21(19)32-25/h3-8,13H,9-12,14H2,1-2H3. The van der Waals surface area contributed by atoms with Crippen LogP contribution in [0.15, 0.2) is 42.5 Å². The molecule has 2 aliphatic heterocycles. The highest BCUT2D eigenvalue weighted by Gasteiger charge is 2.44. The summed E-state index contributed by atoms with van der Waals surface area (Å²) in [5.74, 6) is 0.865. The van der Waals surface area contributed by atoms with Crippen LogP contribution in [0.1, 0.15) is 45.0 Å². The van der Waals surface area contributed by atoms with E-state index < -0.39 is 5.60 Å². The van der Waals surface area contributed by atoms with Crippen LogP contribution in [-0.2, 0) is 0 Å². The molecule has 33 heavy (non-hydrogen) atoms. The number of rotatable bonds is 3. The molecule has 1 saturated heterocycles. The summed E-state index contributed by atoms with van der Waals surface area (Å²) in [4.78, 5) is 33.0.